The predicted octanol–water partition coefficient (Wildman–Crippen LogP) is 1.48. The second kappa shape index (κ2) is 5.33. The smallest absolute Gasteiger partial charge is 0.0749 e. The van der Waals surface area contributed by atoms with Crippen molar-refractivity contribution in [3.8, 4) is 0 Å². The van der Waals surface area contributed by atoms with E-state index < -0.39 is 0 Å². The summed E-state index contributed by atoms with van der Waals surface area (Å²) in [5.41, 5.74) is 0. The highest BCUT2D eigenvalue weighted by Crippen LogP contribution is 2.26. The quantitative estimate of drug-likeness (QED) is 0.630. The topological polar surface area (TPSA) is 40.5 Å². The van der Waals surface area contributed by atoms with Gasteiger partial charge in [-0.05, 0) is 18.8 Å². The Balaban J connectivity index is 2.29. The van der Waals surface area contributed by atoms with Crippen LogP contribution in [0.2, 0.25) is 0 Å². The normalized spacial score (nSPS) is 23.2. The van der Waals surface area contributed by atoms with E-state index in [9.17, 15) is 5.11 Å². The van der Waals surface area contributed by atoms with Crippen LogP contribution in [0.5, 0.6) is 0 Å². The third kappa shape index (κ3) is 2.95. The highest BCUT2D eigenvalue weighted by Gasteiger charge is 2.18. The van der Waals surface area contributed by atoms with Crippen LogP contribution in [0.25, 0.3) is 0 Å². The Hall–Kier alpha value is -0.340. The molecular weight excluding hydrogens is 152 g/mol. The van der Waals surface area contributed by atoms with Crippen LogP contribution in [0.1, 0.15) is 32.1 Å². The molecule has 1 atom stereocenters. The van der Waals surface area contributed by atoms with Crippen molar-refractivity contribution in [2.24, 2.45) is 5.92 Å². The van der Waals surface area contributed by atoms with Crippen LogP contribution in [0.15, 0.2) is 12.2 Å². The first-order valence-electron chi connectivity index (χ1n) is 4.80. The minimum atomic E-state index is -0.336. The second-order valence-corrected chi connectivity index (χ2v) is 3.50. The van der Waals surface area contributed by atoms with Gasteiger partial charge in [0.15, 0.2) is 0 Å². The molecule has 1 fully saturated rings. The molecule has 0 spiro atoms. The van der Waals surface area contributed by atoms with Crippen molar-refractivity contribution in [3.63, 3.8) is 0 Å². The van der Waals surface area contributed by atoms with Gasteiger partial charge in [0.25, 0.3) is 0 Å². The molecule has 70 valence electrons. The Bertz CT molecular complexity index is 137. The Morgan fingerprint density at radius 1 is 1.25 bits per heavy atom. The lowest BCUT2D eigenvalue weighted by Gasteiger charge is -2.24. The Morgan fingerprint density at radius 2 is 1.92 bits per heavy atom. The summed E-state index contributed by atoms with van der Waals surface area (Å²) in [6.07, 6.45) is 9.08. The number of hydrogen-bond acceptors (Lipinski definition) is 2. The maximum atomic E-state index is 9.61. The van der Waals surface area contributed by atoms with Crippen LogP contribution in [0.3, 0.4) is 0 Å². The lowest BCUT2D eigenvalue weighted by Crippen LogP contribution is -2.20. The van der Waals surface area contributed by atoms with E-state index in [0.29, 0.717) is 5.92 Å². The van der Waals surface area contributed by atoms with Gasteiger partial charge in [-0.2, -0.15) is 0 Å². The monoisotopic (exact) mass is 170 g/mol. The van der Waals surface area contributed by atoms with Crippen molar-refractivity contribution in [2.75, 3.05) is 6.61 Å². The van der Waals surface area contributed by atoms with Crippen molar-refractivity contribution in [1.82, 2.24) is 0 Å². The molecule has 2 nitrogen and oxygen atoms in total. The second-order valence-electron chi connectivity index (χ2n) is 3.50. The van der Waals surface area contributed by atoms with Gasteiger partial charge in [-0.1, -0.05) is 31.4 Å². The Morgan fingerprint density at radius 3 is 2.50 bits per heavy atom. The van der Waals surface area contributed by atoms with Crippen molar-refractivity contribution < 1.29 is 10.2 Å². The summed E-state index contributed by atoms with van der Waals surface area (Å²) in [5, 5.41) is 18.1. The standard InChI is InChI=1S/C10H18O2/c11-8-4-7-10(12)9-5-2-1-3-6-9/h4,7,9-12H,1-3,5-6,8H2/b7-4+/t10-/m0/s1. The molecule has 12 heavy (non-hydrogen) atoms. The molecule has 2 heteroatoms. The first-order chi connectivity index (χ1) is 5.84. The third-order valence-corrected chi connectivity index (χ3v) is 2.57. The molecule has 0 bridgehead atoms. The molecule has 0 unspecified atom stereocenters. The van der Waals surface area contributed by atoms with E-state index >= 15 is 0 Å². The van der Waals surface area contributed by atoms with E-state index in [1.807, 2.05) is 0 Å². The van der Waals surface area contributed by atoms with E-state index in [-0.39, 0.29) is 12.7 Å². The summed E-state index contributed by atoms with van der Waals surface area (Å²) in [4.78, 5) is 0. The summed E-state index contributed by atoms with van der Waals surface area (Å²) < 4.78 is 0. The minimum absolute atomic E-state index is 0.0315. The SMILES string of the molecule is OC/C=C/[C@H](O)C1CCCCC1. The maximum absolute atomic E-state index is 9.61. The van der Waals surface area contributed by atoms with Gasteiger partial charge in [0, 0.05) is 0 Å². The van der Waals surface area contributed by atoms with Gasteiger partial charge in [0.05, 0.1) is 12.7 Å². The van der Waals surface area contributed by atoms with Crippen LogP contribution in [0.4, 0.5) is 0 Å². The minimum Gasteiger partial charge on any atom is -0.392 e. The number of hydrogen-bond donors (Lipinski definition) is 2. The molecule has 0 aromatic carbocycles. The molecule has 1 rings (SSSR count). The van der Waals surface area contributed by atoms with Crippen LogP contribution < -0.4 is 0 Å². The predicted molar refractivity (Wildman–Crippen MR) is 48.8 cm³/mol. The number of aliphatic hydroxyl groups is 2. The lowest BCUT2D eigenvalue weighted by molar-refractivity contribution is 0.124. The largest absolute Gasteiger partial charge is 0.392 e. The fourth-order valence-corrected chi connectivity index (χ4v) is 1.83. The average molecular weight is 170 g/mol. The fraction of sp³-hybridized carbons (Fsp3) is 0.800. The zero-order valence-corrected chi connectivity index (χ0v) is 7.45. The Kier molecular flexibility index (Phi) is 4.33. The van der Waals surface area contributed by atoms with Crippen LogP contribution in [-0.2, 0) is 0 Å². The molecule has 1 saturated carbocycles. The lowest BCUT2D eigenvalue weighted by atomic mass is 9.85. The summed E-state index contributed by atoms with van der Waals surface area (Å²) >= 11 is 0. The molecule has 0 aliphatic heterocycles. The first kappa shape index (κ1) is 9.75. The third-order valence-electron chi connectivity index (χ3n) is 2.57. The summed E-state index contributed by atoms with van der Waals surface area (Å²) in [6.45, 7) is 0.0315. The summed E-state index contributed by atoms with van der Waals surface area (Å²) in [6, 6.07) is 0. The van der Waals surface area contributed by atoms with Gasteiger partial charge < -0.3 is 10.2 Å². The highest BCUT2D eigenvalue weighted by molar-refractivity contribution is 4.92. The molecule has 0 saturated heterocycles. The zero-order chi connectivity index (χ0) is 8.81. The highest BCUT2D eigenvalue weighted by atomic mass is 16.3. The van der Waals surface area contributed by atoms with Gasteiger partial charge >= 0.3 is 0 Å². The van der Waals surface area contributed by atoms with Crippen molar-refractivity contribution in [2.45, 2.75) is 38.2 Å². The van der Waals surface area contributed by atoms with E-state index in [1.165, 1.54) is 19.3 Å². The van der Waals surface area contributed by atoms with Gasteiger partial charge in [-0.15, -0.1) is 0 Å². The maximum Gasteiger partial charge on any atom is 0.0749 e. The molecule has 0 radical (unpaired) electrons. The number of aliphatic hydroxyl groups excluding tert-OH is 2. The van der Waals surface area contributed by atoms with Crippen molar-refractivity contribution >= 4 is 0 Å². The Labute approximate surface area is 73.9 Å². The first-order valence-corrected chi connectivity index (χ1v) is 4.80. The zero-order valence-electron chi connectivity index (χ0n) is 7.45. The van der Waals surface area contributed by atoms with E-state index in [0.717, 1.165) is 12.8 Å². The van der Waals surface area contributed by atoms with E-state index in [2.05, 4.69) is 0 Å². The molecule has 1 aliphatic rings. The molecule has 0 aromatic rings. The summed E-state index contributed by atoms with van der Waals surface area (Å²) in [5.74, 6) is 0.432. The molecule has 0 aromatic heterocycles. The van der Waals surface area contributed by atoms with E-state index in [4.69, 9.17) is 5.11 Å². The van der Waals surface area contributed by atoms with Crippen molar-refractivity contribution in [1.29, 1.82) is 0 Å². The molecule has 2 N–H and O–H groups in total. The molecule has 1 aliphatic carbocycles. The van der Waals surface area contributed by atoms with E-state index in [1.54, 1.807) is 12.2 Å². The van der Waals surface area contributed by atoms with Crippen LogP contribution in [-0.4, -0.2) is 22.9 Å². The average Bonchev–Trinajstić information content (AvgIpc) is 2.15. The molecular formula is C10H18O2. The molecule has 0 heterocycles. The fourth-order valence-electron chi connectivity index (χ4n) is 1.83. The summed E-state index contributed by atoms with van der Waals surface area (Å²) in [7, 11) is 0. The van der Waals surface area contributed by atoms with Crippen molar-refractivity contribution in [3.05, 3.63) is 12.2 Å². The molecule has 0 amide bonds. The van der Waals surface area contributed by atoms with Gasteiger partial charge in [0.1, 0.15) is 0 Å². The van der Waals surface area contributed by atoms with Gasteiger partial charge in [-0.3, -0.25) is 0 Å². The van der Waals surface area contributed by atoms with Gasteiger partial charge in [-0.25, -0.2) is 0 Å². The van der Waals surface area contributed by atoms with Crippen LogP contribution in [0, 0.1) is 5.92 Å². The number of rotatable bonds is 3. The van der Waals surface area contributed by atoms with Gasteiger partial charge in [0.2, 0.25) is 0 Å². The van der Waals surface area contributed by atoms with Crippen LogP contribution >= 0.6 is 0 Å².